The molecule has 5 atom stereocenters. The summed E-state index contributed by atoms with van der Waals surface area (Å²) in [6.45, 7) is -0.572. The third-order valence-electron chi connectivity index (χ3n) is 2.79. The van der Waals surface area contributed by atoms with Crippen molar-refractivity contribution in [1.29, 1.82) is 0 Å². The van der Waals surface area contributed by atoms with E-state index >= 15 is 0 Å². The Kier molecular flexibility index (Phi) is 6.65. The molecule has 2 N–H and O–H groups in total. The molecule has 1 rings (SSSR count). The second-order valence-corrected chi connectivity index (χ2v) is 4.09. The maximum atomic E-state index is 10.6. The number of rotatable bonds is 7. The highest BCUT2D eigenvalue weighted by Crippen LogP contribution is 2.26. The van der Waals surface area contributed by atoms with Crippen LogP contribution >= 0.6 is 0 Å². The molecule has 0 aromatic carbocycles. The summed E-state index contributed by atoms with van der Waals surface area (Å²) in [4.78, 5) is 13.2. The third kappa shape index (κ3) is 4.04. The lowest BCUT2D eigenvalue weighted by Crippen LogP contribution is -2.59. The van der Waals surface area contributed by atoms with E-state index in [4.69, 9.17) is 29.6 Å². The maximum Gasteiger partial charge on any atom is 0.329 e. The molecule has 0 unspecified atom stereocenters. The van der Waals surface area contributed by atoms with Crippen LogP contribution in [0.4, 0.5) is 0 Å². The summed E-state index contributed by atoms with van der Waals surface area (Å²) < 4.78 is 20.4. The lowest BCUT2D eigenvalue weighted by Gasteiger charge is -2.41. The van der Waals surface area contributed by atoms with E-state index in [1.807, 2.05) is 0 Å². The molecular weight excluding hydrogens is 274 g/mol. The van der Waals surface area contributed by atoms with Crippen LogP contribution in [0.3, 0.4) is 0 Å². The Bertz CT molecular complexity index is 374. The van der Waals surface area contributed by atoms with Gasteiger partial charge in [0.15, 0.2) is 6.29 Å². The van der Waals surface area contributed by atoms with Gasteiger partial charge in [-0.3, -0.25) is 0 Å². The van der Waals surface area contributed by atoms with E-state index in [0.29, 0.717) is 0 Å². The number of hydrogen-bond acceptors (Lipinski definition) is 7. The third-order valence-corrected chi connectivity index (χ3v) is 2.79. The van der Waals surface area contributed by atoms with E-state index in [0.717, 1.165) is 0 Å². The van der Waals surface area contributed by atoms with Gasteiger partial charge in [0.25, 0.3) is 0 Å². The lowest BCUT2D eigenvalue weighted by molar-refractivity contribution is -0.277. The first-order chi connectivity index (χ1) is 9.54. The molecule has 0 aromatic rings. The van der Waals surface area contributed by atoms with Crippen LogP contribution in [-0.4, -0.2) is 74.3 Å². The normalized spacial score (nSPS) is 33.5. The first-order valence-corrected chi connectivity index (χ1v) is 5.78. The number of aliphatic carboxylic acids is 1. The van der Waals surface area contributed by atoms with E-state index in [-0.39, 0.29) is 6.61 Å². The minimum Gasteiger partial charge on any atom is -0.480 e. The molecule has 20 heavy (non-hydrogen) atoms. The molecule has 0 radical (unpaired) electrons. The van der Waals surface area contributed by atoms with E-state index in [1.54, 1.807) is 0 Å². The highest BCUT2D eigenvalue weighted by atomic mass is 16.7. The average Bonchev–Trinajstić information content (AvgIpc) is 2.41. The molecule has 1 saturated heterocycles. The van der Waals surface area contributed by atoms with E-state index in [1.165, 1.54) is 14.2 Å². The largest absolute Gasteiger partial charge is 0.480 e. The van der Waals surface area contributed by atoms with Crippen molar-refractivity contribution in [2.75, 3.05) is 27.4 Å². The number of nitrogens with zero attached hydrogens (tertiary/aromatic N) is 3. The fourth-order valence-electron chi connectivity index (χ4n) is 1.94. The van der Waals surface area contributed by atoms with Crippen LogP contribution in [-0.2, 0) is 23.7 Å². The van der Waals surface area contributed by atoms with Crippen molar-refractivity contribution in [1.82, 2.24) is 0 Å². The van der Waals surface area contributed by atoms with Crippen molar-refractivity contribution in [2.24, 2.45) is 5.11 Å². The zero-order valence-corrected chi connectivity index (χ0v) is 11.1. The van der Waals surface area contributed by atoms with Crippen molar-refractivity contribution in [3.63, 3.8) is 0 Å². The highest BCUT2D eigenvalue weighted by Gasteiger charge is 2.46. The van der Waals surface area contributed by atoms with Gasteiger partial charge in [-0.25, -0.2) is 4.79 Å². The Hall–Kier alpha value is -1.42. The number of hydrogen-bond donors (Lipinski definition) is 2. The molecule has 1 aliphatic rings. The maximum absolute atomic E-state index is 10.6. The van der Waals surface area contributed by atoms with Gasteiger partial charge < -0.3 is 29.2 Å². The summed E-state index contributed by atoms with van der Waals surface area (Å²) in [6.07, 6.45) is -3.98. The van der Waals surface area contributed by atoms with Crippen molar-refractivity contribution >= 4 is 5.97 Å². The molecule has 10 heteroatoms. The van der Waals surface area contributed by atoms with Crippen LogP contribution in [0.1, 0.15) is 0 Å². The zero-order valence-electron chi connectivity index (χ0n) is 11.1. The standard InChI is InChI=1S/C10H17N3O7/c1-17-3-5-8(16)7(12-13-11)9(10(18-2)20-5)19-4-6(14)15/h5,7-10,16H,3-4H2,1-2H3,(H,14,15)/t5-,7+,8+,9-,10-/m1/s1. The fourth-order valence-corrected chi connectivity index (χ4v) is 1.94. The Balaban J connectivity index is 2.91. The quantitative estimate of drug-likeness (QED) is 0.366. The average molecular weight is 291 g/mol. The van der Waals surface area contributed by atoms with Crippen LogP contribution in [0.2, 0.25) is 0 Å². The number of carbonyl (C=O) groups is 1. The Morgan fingerprint density at radius 3 is 2.70 bits per heavy atom. The van der Waals surface area contributed by atoms with E-state index in [2.05, 4.69) is 10.0 Å². The Morgan fingerprint density at radius 2 is 2.20 bits per heavy atom. The number of methoxy groups -OCH3 is 2. The molecule has 1 fully saturated rings. The second kappa shape index (κ2) is 8.00. The summed E-state index contributed by atoms with van der Waals surface area (Å²) >= 11 is 0. The first kappa shape index (κ1) is 16.6. The zero-order chi connectivity index (χ0) is 15.1. The van der Waals surface area contributed by atoms with Gasteiger partial charge in [0.05, 0.1) is 18.8 Å². The molecule has 10 nitrogen and oxygen atoms in total. The second-order valence-electron chi connectivity index (χ2n) is 4.09. The van der Waals surface area contributed by atoms with Crippen molar-refractivity contribution in [3.05, 3.63) is 10.4 Å². The number of aliphatic hydroxyl groups is 1. The van der Waals surface area contributed by atoms with Gasteiger partial charge in [-0.2, -0.15) is 0 Å². The Labute approximate surface area is 114 Å². The molecular formula is C10H17N3O7. The molecule has 0 spiro atoms. The number of azide groups is 1. The summed E-state index contributed by atoms with van der Waals surface area (Å²) in [7, 11) is 2.75. The van der Waals surface area contributed by atoms with Crippen molar-refractivity contribution < 1.29 is 34.0 Å². The van der Waals surface area contributed by atoms with Crippen molar-refractivity contribution in [3.8, 4) is 0 Å². The lowest BCUT2D eigenvalue weighted by atomic mass is 9.97. The van der Waals surface area contributed by atoms with Gasteiger partial charge in [0.1, 0.15) is 18.8 Å². The van der Waals surface area contributed by atoms with Gasteiger partial charge in [-0.1, -0.05) is 5.11 Å². The molecule has 0 amide bonds. The van der Waals surface area contributed by atoms with Crippen LogP contribution in [0.15, 0.2) is 5.11 Å². The molecule has 0 aliphatic carbocycles. The van der Waals surface area contributed by atoms with Crippen molar-refractivity contribution in [2.45, 2.75) is 30.6 Å². The smallest absolute Gasteiger partial charge is 0.329 e. The molecule has 1 aliphatic heterocycles. The van der Waals surface area contributed by atoms with Crippen LogP contribution < -0.4 is 0 Å². The van der Waals surface area contributed by atoms with Crippen LogP contribution in [0.25, 0.3) is 10.4 Å². The monoisotopic (exact) mass is 291 g/mol. The first-order valence-electron chi connectivity index (χ1n) is 5.78. The SMILES string of the molecule is COC[C@H]1O[C@@H](OC)[C@H](OCC(=O)O)[C@@H](N=[N+]=[N-])[C@H]1O. The predicted molar refractivity (Wildman–Crippen MR) is 63.9 cm³/mol. The molecule has 1 heterocycles. The fraction of sp³-hybridized carbons (Fsp3) is 0.900. The van der Waals surface area contributed by atoms with Gasteiger partial charge in [-0.05, 0) is 5.53 Å². The van der Waals surface area contributed by atoms with Gasteiger partial charge in [-0.15, -0.1) is 0 Å². The highest BCUT2D eigenvalue weighted by molar-refractivity contribution is 5.68. The van der Waals surface area contributed by atoms with E-state index < -0.39 is 43.2 Å². The number of aliphatic hydroxyl groups excluding tert-OH is 1. The minimum atomic E-state index is -1.20. The predicted octanol–water partition coefficient (Wildman–Crippen LogP) is -0.486. The summed E-state index contributed by atoms with van der Waals surface area (Å²) in [5.74, 6) is -1.20. The minimum absolute atomic E-state index is 0.0596. The topological polar surface area (TPSA) is 143 Å². The summed E-state index contributed by atoms with van der Waals surface area (Å²) in [5, 5.41) is 22.2. The number of ether oxygens (including phenoxy) is 4. The summed E-state index contributed by atoms with van der Waals surface area (Å²) in [6, 6.07) is -1.04. The van der Waals surface area contributed by atoms with Gasteiger partial charge in [0, 0.05) is 19.1 Å². The summed E-state index contributed by atoms with van der Waals surface area (Å²) in [5.41, 5.74) is 8.57. The van der Waals surface area contributed by atoms with E-state index in [9.17, 15) is 9.90 Å². The van der Waals surface area contributed by atoms with Gasteiger partial charge >= 0.3 is 5.97 Å². The van der Waals surface area contributed by atoms with Crippen LogP contribution in [0.5, 0.6) is 0 Å². The Morgan fingerprint density at radius 1 is 1.50 bits per heavy atom. The number of carboxylic acid groups (broad SMARTS) is 1. The number of carboxylic acids is 1. The van der Waals surface area contributed by atoms with Crippen LogP contribution in [0, 0.1) is 0 Å². The molecule has 0 saturated carbocycles. The molecule has 114 valence electrons. The van der Waals surface area contributed by atoms with Gasteiger partial charge in [0.2, 0.25) is 0 Å². The molecule has 0 aromatic heterocycles. The molecule has 0 bridgehead atoms.